The average molecular weight is 307 g/mol. The van der Waals surface area contributed by atoms with Gasteiger partial charge in [-0.15, -0.1) is 0 Å². The molecule has 4 rings (SSSR count). The fourth-order valence-corrected chi connectivity index (χ4v) is 3.13. The highest BCUT2D eigenvalue weighted by atomic mass is 15.2. The molecule has 1 aliphatic rings. The Hall–Kier alpha value is -2.24. The SMILES string of the molecule is CN1CCN(Cc2cccc(-c3cc4cncnc4[nH]3)c2)CC1. The standard InChI is InChI=1S/C18H21N5/c1-22-5-7-23(8-6-22)12-14-3-2-4-15(9-14)17-10-16-11-19-13-20-18(16)21-17/h2-4,9-11,13H,5-8,12H2,1H3,(H,19,20,21). The molecule has 118 valence electrons. The van der Waals surface area contributed by atoms with Gasteiger partial charge in [0.25, 0.3) is 0 Å². The van der Waals surface area contributed by atoms with Crippen molar-refractivity contribution in [2.75, 3.05) is 33.2 Å². The van der Waals surface area contributed by atoms with Crippen LogP contribution in [-0.4, -0.2) is 58.0 Å². The molecule has 0 bridgehead atoms. The van der Waals surface area contributed by atoms with Crippen molar-refractivity contribution in [2.24, 2.45) is 0 Å². The van der Waals surface area contributed by atoms with Gasteiger partial charge in [0, 0.05) is 50.0 Å². The summed E-state index contributed by atoms with van der Waals surface area (Å²) in [7, 11) is 2.19. The van der Waals surface area contributed by atoms with E-state index in [2.05, 4.69) is 62.1 Å². The number of nitrogens with zero attached hydrogens (tertiary/aromatic N) is 4. The molecule has 1 aromatic carbocycles. The van der Waals surface area contributed by atoms with E-state index in [4.69, 9.17) is 0 Å². The molecule has 3 heterocycles. The first-order valence-corrected chi connectivity index (χ1v) is 8.07. The molecular formula is C18H21N5. The molecule has 5 nitrogen and oxygen atoms in total. The van der Waals surface area contributed by atoms with Crippen LogP contribution < -0.4 is 0 Å². The Morgan fingerprint density at radius 1 is 1.13 bits per heavy atom. The average Bonchev–Trinajstić information content (AvgIpc) is 3.01. The molecular weight excluding hydrogens is 286 g/mol. The van der Waals surface area contributed by atoms with E-state index < -0.39 is 0 Å². The first-order chi connectivity index (χ1) is 11.3. The van der Waals surface area contributed by atoms with Crippen LogP contribution in [0.5, 0.6) is 0 Å². The lowest BCUT2D eigenvalue weighted by Gasteiger charge is -2.32. The molecule has 0 atom stereocenters. The number of piperazine rings is 1. The maximum Gasteiger partial charge on any atom is 0.141 e. The van der Waals surface area contributed by atoms with Crippen LogP contribution in [0.4, 0.5) is 0 Å². The predicted molar refractivity (Wildman–Crippen MR) is 92.1 cm³/mol. The van der Waals surface area contributed by atoms with Crippen molar-refractivity contribution in [2.45, 2.75) is 6.54 Å². The van der Waals surface area contributed by atoms with E-state index >= 15 is 0 Å². The van der Waals surface area contributed by atoms with E-state index in [-0.39, 0.29) is 0 Å². The number of rotatable bonds is 3. The van der Waals surface area contributed by atoms with E-state index in [0.29, 0.717) is 0 Å². The van der Waals surface area contributed by atoms with Crippen LogP contribution in [0, 0.1) is 0 Å². The van der Waals surface area contributed by atoms with Crippen LogP contribution in [0.3, 0.4) is 0 Å². The monoisotopic (exact) mass is 307 g/mol. The molecule has 2 aromatic heterocycles. The predicted octanol–water partition coefficient (Wildman–Crippen LogP) is 2.37. The molecule has 3 aromatic rings. The number of aromatic nitrogens is 3. The van der Waals surface area contributed by atoms with Gasteiger partial charge < -0.3 is 9.88 Å². The minimum absolute atomic E-state index is 0.888. The third-order valence-corrected chi connectivity index (χ3v) is 4.53. The first kappa shape index (κ1) is 14.4. The summed E-state index contributed by atoms with van der Waals surface area (Å²) < 4.78 is 0. The van der Waals surface area contributed by atoms with E-state index in [1.54, 1.807) is 6.33 Å². The van der Waals surface area contributed by atoms with E-state index in [9.17, 15) is 0 Å². The molecule has 0 spiro atoms. The van der Waals surface area contributed by atoms with E-state index in [1.807, 2.05) is 6.20 Å². The summed E-state index contributed by atoms with van der Waals surface area (Å²) in [5, 5.41) is 1.05. The third-order valence-electron chi connectivity index (χ3n) is 4.53. The summed E-state index contributed by atoms with van der Waals surface area (Å²) in [6.07, 6.45) is 3.42. The highest BCUT2D eigenvalue weighted by molar-refractivity contribution is 5.82. The molecule has 0 amide bonds. The van der Waals surface area contributed by atoms with Crippen molar-refractivity contribution in [3.05, 3.63) is 48.4 Å². The van der Waals surface area contributed by atoms with Crippen LogP contribution in [0.2, 0.25) is 0 Å². The van der Waals surface area contributed by atoms with Crippen molar-refractivity contribution in [3.63, 3.8) is 0 Å². The lowest BCUT2D eigenvalue weighted by molar-refractivity contribution is 0.148. The van der Waals surface area contributed by atoms with Gasteiger partial charge in [-0.2, -0.15) is 0 Å². The van der Waals surface area contributed by atoms with Gasteiger partial charge in [-0.25, -0.2) is 9.97 Å². The molecule has 1 aliphatic heterocycles. The van der Waals surface area contributed by atoms with Gasteiger partial charge in [-0.1, -0.05) is 18.2 Å². The lowest BCUT2D eigenvalue weighted by Crippen LogP contribution is -2.43. The summed E-state index contributed by atoms with van der Waals surface area (Å²) in [5.74, 6) is 0. The minimum atomic E-state index is 0.888. The zero-order valence-electron chi connectivity index (χ0n) is 13.4. The summed E-state index contributed by atoms with van der Waals surface area (Å²) in [6, 6.07) is 10.9. The Balaban J connectivity index is 1.56. The van der Waals surface area contributed by atoms with Gasteiger partial charge >= 0.3 is 0 Å². The summed E-state index contributed by atoms with van der Waals surface area (Å²) >= 11 is 0. The van der Waals surface area contributed by atoms with Gasteiger partial charge in [-0.3, -0.25) is 4.90 Å². The highest BCUT2D eigenvalue weighted by Crippen LogP contribution is 2.23. The van der Waals surface area contributed by atoms with Crippen LogP contribution in [0.25, 0.3) is 22.3 Å². The van der Waals surface area contributed by atoms with Crippen LogP contribution >= 0.6 is 0 Å². The van der Waals surface area contributed by atoms with Crippen molar-refractivity contribution in [1.82, 2.24) is 24.8 Å². The van der Waals surface area contributed by atoms with Crippen LogP contribution in [-0.2, 0) is 6.54 Å². The van der Waals surface area contributed by atoms with Crippen molar-refractivity contribution < 1.29 is 0 Å². The second-order valence-electron chi connectivity index (χ2n) is 6.29. The maximum absolute atomic E-state index is 4.27. The fourth-order valence-electron chi connectivity index (χ4n) is 3.13. The van der Waals surface area contributed by atoms with Gasteiger partial charge in [0.15, 0.2) is 0 Å². The fraction of sp³-hybridized carbons (Fsp3) is 0.333. The van der Waals surface area contributed by atoms with E-state index in [1.165, 1.54) is 11.1 Å². The summed E-state index contributed by atoms with van der Waals surface area (Å²) in [5.41, 5.74) is 4.55. The largest absolute Gasteiger partial charge is 0.339 e. The Morgan fingerprint density at radius 2 is 2.00 bits per heavy atom. The Bertz CT molecular complexity index is 769. The molecule has 0 unspecified atom stereocenters. The Morgan fingerprint density at radius 3 is 2.83 bits per heavy atom. The van der Waals surface area contributed by atoms with E-state index in [0.717, 1.165) is 49.5 Å². The second-order valence-corrected chi connectivity index (χ2v) is 6.29. The van der Waals surface area contributed by atoms with Crippen molar-refractivity contribution >= 4 is 11.0 Å². The molecule has 0 aliphatic carbocycles. The summed E-state index contributed by atoms with van der Waals surface area (Å²) in [4.78, 5) is 16.6. The summed E-state index contributed by atoms with van der Waals surface area (Å²) in [6.45, 7) is 5.61. The Kier molecular flexibility index (Phi) is 3.81. The molecule has 0 radical (unpaired) electrons. The topological polar surface area (TPSA) is 48.1 Å². The molecule has 1 saturated heterocycles. The van der Waals surface area contributed by atoms with Crippen molar-refractivity contribution in [1.29, 1.82) is 0 Å². The van der Waals surface area contributed by atoms with Crippen molar-refractivity contribution in [3.8, 4) is 11.3 Å². The molecule has 1 fully saturated rings. The zero-order valence-corrected chi connectivity index (χ0v) is 13.4. The number of aromatic amines is 1. The number of hydrogen-bond donors (Lipinski definition) is 1. The van der Waals surface area contributed by atoms with Crippen LogP contribution in [0.15, 0.2) is 42.9 Å². The van der Waals surface area contributed by atoms with Gasteiger partial charge in [0.05, 0.1) is 0 Å². The molecule has 1 N–H and O–H groups in total. The minimum Gasteiger partial charge on any atom is -0.339 e. The lowest BCUT2D eigenvalue weighted by atomic mass is 10.1. The quantitative estimate of drug-likeness (QED) is 0.807. The van der Waals surface area contributed by atoms with Gasteiger partial charge in [0.2, 0.25) is 0 Å². The van der Waals surface area contributed by atoms with Gasteiger partial charge in [0.1, 0.15) is 12.0 Å². The first-order valence-electron chi connectivity index (χ1n) is 8.07. The number of H-pyrrole nitrogens is 1. The normalized spacial score (nSPS) is 16.9. The maximum atomic E-state index is 4.27. The Labute approximate surface area is 136 Å². The molecule has 23 heavy (non-hydrogen) atoms. The second kappa shape index (κ2) is 6.10. The number of fused-ring (bicyclic) bond motifs is 1. The van der Waals surface area contributed by atoms with Gasteiger partial charge in [-0.05, 0) is 30.3 Å². The number of nitrogens with one attached hydrogen (secondary N) is 1. The third kappa shape index (κ3) is 3.11. The number of hydrogen-bond acceptors (Lipinski definition) is 4. The highest BCUT2D eigenvalue weighted by Gasteiger charge is 2.14. The smallest absolute Gasteiger partial charge is 0.141 e. The zero-order chi connectivity index (χ0) is 15.6. The van der Waals surface area contributed by atoms with Crippen LogP contribution in [0.1, 0.15) is 5.56 Å². The number of likely N-dealkylation sites (N-methyl/N-ethyl adjacent to an activating group) is 1. The molecule has 5 heteroatoms. The molecule has 0 saturated carbocycles. The number of benzene rings is 1.